The Balaban J connectivity index is 4.61. The molecule has 6 heteroatoms. The molecule has 0 aliphatic rings. The SMILES string of the molecule is CC/C=C\C/C=C\C/C=C\C/C=C\C/C=C\C/C=C\C/C=C\C/C=C\CCCCC(=O)OCC(COC(=O)CCCCCCCCC/C=C\C/C=C\CCCCC)OC(=O)CC/C=C\C/C=C\C/C=C\C/C=C\C/C=C\C/C=C\CC. The Morgan fingerprint density at radius 3 is 0.827 bits per heavy atom. The van der Waals surface area contributed by atoms with E-state index in [-0.39, 0.29) is 38.0 Å². The van der Waals surface area contributed by atoms with E-state index < -0.39 is 12.1 Å². The maximum atomic E-state index is 12.9. The zero-order valence-corrected chi connectivity index (χ0v) is 51.5. The van der Waals surface area contributed by atoms with Crippen LogP contribution in [0.15, 0.2) is 194 Å². The van der Waals surface area contributed by atoms with Gasteiger partial charge in [-0.15, -0.1) is 0 Å². The summed E-state index contributed by atoms with van der Waals surface area (Å²) in [6.07, 6.45) is 102. The fourth-order valence-corrected chi connectivity index (χ4v) is 7.87. The minimum Gasteiger partial charge on any atom is -0.462 e. The lowest BCUT2D eigenvalue weighted by Gasteiger charge is -2.18. The highest BCUT2D eigenvalue weighted by Gasteiger charge is 2.19. The van der Waals surface area contributed by atoms with Crippen LogP contribution in [-0.4, -0.2) is 37.2 Å². The number of hydrogen-bond acceptors (Lipinski definition) is 6. The molecule has 0 aliphatic carbocycles. The zero-order valence-electron chi connectivity index (χ0n) is 51.5. The van der Waals surface area contributed by atoms with E-state index in [9.17, 15) is 14.4 Å². The minimum absolute atomic E-state index is 0.137. The fourth-order valence-electron chi connectivity index (χ4n) is 7.87. The average molecular weight is 1110 g/mol. The van der Waals surface area contributed by atoms with Gasteiger partial charge in [-0.25, -0.2) is 0 Å². The molecule has 0 amide bonds. The van der Waals surface area contributed by atoms with Gasteiger partial charge >= 0.3 is 17.9 Å². The van der Waals surface area contributed by atoms with Crippen molar-refractivity contribution in [1.29, 1.82) is 0 Å². The van der Waals surface area contributed by atoms with E-state index in [4.69, 9.17) is 14.2 Å². The lowest BCUT2D eigenvalue weighted by Crippen LogP contribution is -2.30. The first-order valence-electron chi connectivity index (χ1n) is 31.9. The van der Waals surface area contributed by atoms with Crippen molar-refractivity contribution in [2.75, 3.05) is 13.2 Å². The summed E-state index contributed by atoms with van der Waals surface area (Å²) in [5.41, 5.74) is 0. The predicted molar refractivity (Wildman–Crippen MR) is 352 cm³/mol. The minimum atomic E-state index is -0.854. The molecule has 0 heterocycles. The molecule has 0 spiro atoms. The molecule has 1 atom stereocenters. The molecule has 0 aromatic carbocycles. The van der Waals surface area contributed by atoms with E-state index in [1.54, 1.807) is 0 Å². The largest absolute Gasteiger partial charge is 0.462 e. The van der Waals surface area contributed by atoms with Crippen LogP contribution in [0, 0.1) is 0 Å². The second-order valence-electron chi connectivity index (χ2n) is 20.2. The Morgan fingerprint density at radius 1 is 0.259 bits per heavy atom. The Bertz CT molecular complexity index is 1950. The van der Waals surface area contributed by atoms with Crippen molar-refractivity contribution in [3.05, 3.63) is 194 Å². The van der Waals surface area contributed by atoms with Crippen LogP contribution in [0.25, 0.3) is 0 Å². The van der Waals surface area contributed by atoms with Crippen LogP contribution in [-0.2, 0) is 28.6 Å². The van der Waals surface area contributed by atoms with Crippen molar-refractivity contribution in [2.24, 2.45) is 0 Å². The van der Waals surface area contributed by atoms with E-state index in [0.717, 1.165) is 135 Å². The van der Waals surface area contributed by atoms with Gasteiger partial charge in [0.2, 0.25) is 0 Å². The monoisotopic (exact) mass is 1110 g/mol. The first-order valence-corrected chi connectivity index (χ1v) is 31.9. The predicted octanol–water partition coefficient (Wildman–Crippen LogP) is 22.2. The van der Waals surface area contributed by atoms with Crippen LogP contribution in [0.4, 0.5) is 0 Å². The maximum Gasteiger partial charge on any atom is 0.306 e. The smallest absolute Gasteiger partial charge is 0.306 e. The van der Waals surface area contributed by atoms with E-state index in [0.29, 0.717) is 19.3 Å². The van der Waals surface area contributed by atoms with E-state index >= 15 is 0 Å². The molecule has 0 rings (SSSR count). The highest BCUT2D eigenvalue weighted by atomic mass is 16.6. The summed E-state index contributed by atoms with van der Waals surface area (Å²) >= 11 is 0. The summed E-state index contributed by atoms with van der Waals surface area (Å²) < 4.78 is 16.8. The molecule has 0 aliphatic heterocycles. The van der Waals surface area contributed by atoms with Crippen LogP contribution >= 0.6 is 0 Å². The molecule has 450 valence electrons. The van der Waals surface area contributed by atoms with Gasteiger partial charge in [0.25, 0.3) is 0 Å². The number of allylic oxidation sites excluding steroid dienone is 32. The van der Waals surface area contributed by atoms with Gasteiger partial charge in [0.1, 0.15) is 13.2 Å². The third-order valence-corrected chi connectivity index (χ3v) is 12.6. The quantitative estimate of drug-likeness (QED) is 0.0261. The Labute approximate surface area is 497 Å². The van der Waals surface area contributed by atoms with E-state index in [1.165, 1.54) is 51.4 Å². The highest BCUT2D eigenvalue weighted by molar-refractivity contribution is 5.71. The van der Waals surface area contributed by atoms with Gasteiger partial charge < -0.3 is 14.2 Å². The van der Waals surface area contributed by atoms with Crippen LogP contribution in [0.5, 0.6) is 0 Å². The topological polar surface area (TPSA) is 78.9 Å². The summed E-state index contributed by atoms with van der Waals surface area (Å²) in [4.78, 5) is 38.3. The van der Waals surface area contributed by atoms with E-state index in [1.807, 2.05) is 12.2 Å². The van der Waals surface area contributed by atoms with Crippen LogP contribution in [0.3, 0.4) is 0 Å². The van der Waals surface area contributed by atoms with Crippen molar-refractivity contribution in [1.82, 2.24) is 0 Å². The zero-order chi connectivity index (χ0) is 58.5. The molecule has 0 bridgehead atoms. The number of esters is 3. The first kappa shape index (κ1) is 75.2. The second kappa shape index (κ2) is 66.8. The summed E-state index contributed by atoms with van der Waals surface area (Å²) in [5, 5.41) is 0. The van der Waals surface area contributed by atoms with Crippen molar-refractivity contribution in [2.45, 2.75) is 245 Å². The van der Waals surface area contributed by atoms with E-state index in [2.05, 4.69) is 203 Å². The molecule has 0 N–H and O–H groups in total. The van der Waals surface area contributed by atoms with Crippen molar-refractivity contribution >= 4 is 17.9 Å². The molecular formula is C75H114O6. The summed E-state index contributed by atoms with van der Waals surface area (Å²) in [5.74, 6) is -1.08. The fraction of sp³-hybridized carbons (Fsp3) is 0.533. The Hall–Kier alpha value is -5.75. The highest BCUT2D eigenvalue weighted by Crippen LogP contribution is 2.12. The van der Waals surface area contributed by atoms with Crippen LogP contribution in [0.1, 0.15) is 239 Å². The van der Waals surface area contributed by atoms with Gasteiger partial charge in [-0.05, 0) is 154 Å². The molecule has 6 nitrogen and oxygen atoms in total. The van der Waals surface area contributed by atoms with Gasteiger partial charge in [-0.3, -0.25) is 14.4 Å². The van der Waals surface area contributed by atoms with Gasteiger partial charge in [0.05, 0.1) is 0 Å². The molecule has 0 fully saturated rings. The first-order chi connectivity index (χ1) is 40.0. The number of carbonyl (C=O) groups excluding carboxylic acids is 3. The standard InChI is InChI=1S/C75H114O6/c1-4-7-10-13-16-19-22-25-28-31-33-34-35-36-37-38-39-40-42-44-47-50-53-56-59-62-65-68-74(77)80-71-72(70-79-73(76)67-64-61-58-55-52-49-46-43-30-27-24-21-18-15-12-9-6-3)81-75(78)69-66-63-60-57-54-51-48-45-41-32-29-26-23-20-17-14-11-8-5-2/h7-8,10-11,16-21,25-30,33-34,36-37,39-41,44-45,47,51,53-54,56,60,63,72H,4-6,9,12-15,22-24,31-32,35,38,42-43,46,48-50,52,55,57-59,61-62,64-71H2,1-3H3/b10-7-,11-8-,19-16-,20-17-,21-18-,28-25-,29-26-,30-27-,34-33-,37-36-,40-39-,45-41-,47-44-,54-51-,56-53-,63-60-. The number of rotatable bonds is 55. The normalized spacial score (nSPS) is 13.5. The number of ether oxygens (including phenoxy) is 3. The number of unbranched alkanes of at least 4 members (excludes halogenated alkanes) is 12. The van der Waals surface area contributed by atoms with Crippen molar-refractivity contribution < 1.29 is 28.6 Å². The molecule has 0 saturated carbocycles. The van der Waals surface area contributed by atoms with Crippen LogP contribution in [0.2, 0.25) is 0 Å². The molecule has 0 radical (unpaired) electrons. The molecule has 0 aromatic rings. The Kier molecular flexibility index (Phi) is 62.0. The van der Waals surface area contributed by atoms with Gasteiger partial charge in [-0.1, -0.05) is 260 Å². The number of hydrogen-bond donors (Lipinski definition) is 0. The van der Waals surface area contributed by atoms with Gasteiger partial charge in [-0.2, -0.15) is 0 Å². The lowest BCUT2D eigenvalue weighted by molar-refractivity contribution is -0.166. The summed E-state index contributed by atoms with van der Waals surface area (Å²) in [6, 6.07) is 0. The maximum absolute atomic E-state index is 12.9. The third-order valence-electron chi connectivity index (χ3n) is 12.6. The van der Waals surface area contributed by atoms with Gasteiger partial charge in [0, 0.05) is 19.3 Å². The van der Waals surface area contributed by atoms with Crippen molar-refractivity contribution in [3.8, 4) is 0 Å². The van der Waals surface area contributed by atoms with Gasteiger partial charge in [0.15, 0.2) is 6.10 Å². The summed E-state index contributed by atoms with van der Waals surface area (Å²) in [7, 11) is 0. The van der Waals surface area contributed by atoms with Crippen LogP contribution < -0.4 is 0 Å². The lowest BCUT2D eigenvalue weighted by atomic mass is 10.1. The molecule has 81 heavy (non-hydrogen) atoms. The second-order valence-corrected chi connectivity index (χ2v) is 20.2. The molecule has 0 saturated heterocycles. The molecule has 0 aromatic heterocycles. The Morgan fingerprint density at radius 2 is 0.506 bits per heavy atom. The number of carbonyl (C=O) groups is 3. The molecule has 1 unspecified atom stereocenters. The average Bonchev–Trinajstić information content (AvgIpc) is 3.47. The summed E-state index contributed by atoms with van der Waals surface area (Å²) in [6.45, 7) is 6.27. The molecular weight excluding hydrogens is 997 g/mol. The van der Waals surface area contributed by atoms with Crippen molar-refractivity contribution in [3.63, 3.8) is 0 Å². The third kappa shape index (κ3) is 64.9.